The summed E-state index contributed by atoms with van der Waals surface area (Å²) in [6.07, 6.45) is 1.14. The average Bonchev–Trinajstić information content (AvgIpc) is 2.94. The van der Waals surface area contributed by atoms with Gasteiger partial charge in [-0.15, -0.1) is 11.8 Å². The van der Waals surface area contributed by atoms with Crippen LogP contribution in [0.25, 0.3) is 5.70 Å². The standard InChI is InChI=1S/C11H11NS.2C2H6/c1-7-2-3-9-8(4-7)5-10-11(9)12-6-13-10;2*1-2/h2-4,12H,5-6H2,1H3;2*1-2H3. The molecular formula is C15H23NS. The van der Waals surface area contributed by atoms with Gasteiger partial charge in [-0.3, -0.25) is 0 Å². The number of aryl methyl sites for hydroxylation is 1. The minimum atomic E-state index is 1.05. The van der Waals surface area contributed by atoms with E-state index >= 15 is 0 Å². The van der Waals surface area contributed by atoms with Crippen molar-refractivity contribution < 1.29 is 0 Å². The summed E-state index contributed by atoms with van der Waals surface area (Å²) in [6.45, 7) is 10.2. The number of thioether (sulfide) groups is 1. The van der Waals surface area contributed by atoms with E-state index in [9.17, 15) is 0 Å². The van der Waals surface area contributed by atoms with E-state index in [2.05, 4.69) is 30.4 Å². The molecule has 0 bridgehead atoms. The van der Waals surface area contributed by atoms with Crippen LogP contribution in [0.3, 0.4) is 0 Å². The van der Waals surface area contributed by atoms with E-state index in [0.717, 1.165) is 12.3 Å². The van der Waals surface area contributed by atoms with Crippen molar-refractivity contribution in [3.8, 4) is 0 Å². The third-order valence-corrected chi connectivity index (χ3v) is 3.64. The van der Waals surface area contributed by atoms with Crippen molar-refractivity contribution in [1.82, 2.24) is 5.32 Å². The molecule has 1 aliphatic heterocycles. The molecule has 3 rings (SSSR count). The van der Waals surface area contributed by atoms with Gasteiger partial charge >= 0.3 is 0 Å². The quantitative estimate of drug-likeness (QED) is 0.723. The lowest BCUT2D eigenvalue weighted by Crippen LogP contribution is -2.05. The van der Waals surface area contributed by atoms with E-state index in [1.54, 1.807) is 0 Å². The highest BCUT2D eigenvalue weighted by Crippen LogP contribution is 2.40. The van der Waals surface area contributed by atoms with Gasteiger partial charge in [0.15, 0.2) is 0 Å². The van der Waals surface area contributed by atoms with Gasteiger partial charge in [0, 0.05) is 16.9 Å². The fourth-order valence-corrected chi connectivity index (χ4v) is 3.01. The van der Waals surface area contributed by atoms with Crippen LogP contribution in [-0.2, 0) is 6.42 Å². The third-order valence-electron chi connectivity index (χ3n) is 2.66. The third kappa shape index (κ3) is 2.86. The predicted octanol–water partition coefficient (Wildman–Crippen LogP) is 4.57. The highest BCUT2D eigenvalue weighted by atomic mass is 32.2. The Bertz CT molecular complexity index is 407. The van der Waals surface area contributed by atoms with E-state index in [-0.39, 0.29) is 0 Å². The van der Waals surface area contributed by atoms with Crippen LogP contribution < -0.4 is 5.32 Å². The van der Waals surface area contributed by atoms with Crippen molar-refractivity contribution in [2.75, 3.05) is 5.88 Å². The number of hydrogen-bond acceptors (Lipinski definition) is 2. The first-order chi connectivity index (χ1) is 8.34. The van der Waals surface area contributed by atoms with Gasteiger partial charge in [-0.1, -0.05) is 51.5 Å². The predicted molar refractivity (Wildman–Crippen MR) is 80.1 cm³/mol. The van der Waals surface area contributed by atoms with E-state index in [4.69, 9.17) is 0 Å². The number of nitrogens with one attached hydrogen (secondary N) is 1. The lowest BCUT2D eigenvalue weighted by Gasteiger charge is -2.05. The SMILES string of the molecule is CC.CC.Cc1ccc2c(c1)CC1=C2NCS1. The zero-order chi connectivity index (χ0) is 12.8. The molecule has 2 heteroatoms. The molecule has 0 amide bonds. The minimum Gasteiger partial charge on any atom is -0.375 e. The van der Waals surface area contributed by atoms with E-state index in [0.29, 0.717) is 0 Å². The summed E-state index contributed by atoms with van der Waals surface area (Å²) in [6, 6.07) is 6.74. The summed E-state index contributed by atoms with van der Waals surface area (Å²) >= 11 is 1.94. The fraction of sp³-hybridized carbons (Fsp3) is 0.467. The fourth-order valence-electron chi connectivity index (χ4n) is 2.04. The van der Waals surface area contributed by atoms with Gasteiger partial charge in [0.05, 0.1) is 11.6 Å². The highest BCUT2D eigenvalue weighted by molar-refractivity contribution is 8.03. The molecule has 1 aliphatic carbocycles. The normalized spacial score (nSPS) is 14.9. The first kappa shape index (κ1) is 14.2. The summed E-state index contributed by atoms with van der Waals surface area (Å²) < 4.78 is 0. The molecular weight excluding hydrogens is 226 g/mol. The van der Waals surface area contributed by atoms with Gasteiger partial charge in [0.2, 0.25) is 0 Å². The van der Waals surface area contributed by atoms with Crippen LogP contribution in [0, 0.1) is 6.92 Å². The number of benzene rings is 1. The van der Waals surface area contributed by atoms with Gasteiger partial charge in [0.25, 0.3) is 0 Å². The van der Waals surface area contributed by atoms with E-state index < -0.39 is 0 Å². The number of allylic oxidation sites excluding steroid dienone is 1. The Labute approximate surface area is 110 Å². The molecule has 2 aliphatic rings. The molecule has 1 aromatic carbocycles. The first-order valence-electron chi connectivity index (χ1n) is 6.54. The van der Waals surface area contributed by atoms with Crippen molar-refractivity contribution in [2.45, 2.75) is 41.0 Å². The Morgan fingerprint density at radius 3 is 2.53 bits per heavy atom. The van der Waals surface area contributed by atoms with Gasteiger partial charge in [0.1, 0.15) is 0 Å². The summed E-state index contributed by atoms with van der Waals surface area (Å²) in [5.74, 6) is 1.05. The molecule has 0 unspecified atom stereocenters. The monoisotopic (exact) mass is 249 g/mol. The number of fused-ring (bicyclic) bond motifs is 2. The average molecular weight is 249 g/mol. The van der Waals surface area contributed by atoms with Crippen molar-refractivity contribution in [3.05, 3.63) is 39.8 Å². The van der Waals surface area contributed by atoms with Gasteiger partial charge < -0.3 is 5.32 Å². The summed E-state index contributed by atoms with van der Waals surface area (Å²) in [4.78, 5) is 1.53. The van der Waals surface area contributed by atoms with Crippen molar-refractivity contribution in [3.63, 3.8) is 0 Å². The Morgan fingerprint density at radius 2 is 1.82 bits per heavy atom. The molecule has 0 fully saturated rings. The summed E-state index contributed by atoms with van der Waals surface area (Å²) in [5, 5.41) is 3.44. The van der Waals surface area contributed by atoms with Gasteiger partial charge in [-0.05, 0) is 12.5 Å². The van der Waals surface area contributed by atoms with Gasteiger partial charge in [-0.25, -0.2) is 0 Å². The summed E-state index contributed by atoms with van der Waals surface area (Å²) in [7, 11) is 0. The zero-order valence-electron chi connectivity index (χ0n) is 11.6. The molecule has 0 aromatic heterocycles. The van der Waals surface area contributed by atoms with Crippen molar-refractivity contribution in [2.24, 2.45) is 0 Å². The topological polar surface area (TPSA) is 12.0 Å². The molecule has 17 heavy (non-hydrogen) atoms. The van der Waals surface area contributed by atoms with Crippen LogP contribution >= 0.6 is 11.8 Å². The lowest BCUT2D eigenvalue weighted by molar-refractivity contribution is 1.11. The molecule has 0 atom stereocenters. The summed E-state index contributed by atoms with van der Waals surface area (Å²) in [5.41, 5.74) is 5.67. The Hall–Kier alpha value is -0.890. The van der Waals surface area contributed by atoms with Crippen LogP contribution in [-0.4, -0.2) is 5.88 Å². The highest BCUT2D eigenvalue weighted by Gasteiger charge is 2.25. The largest absolute Gasteiger partial charge is 0.375 e. The lowest BCUT2D eigenvalue weighted by atomic mass is 10.1. The molecule has 0 saturated carbocycles. The van der Waals surface area contributed by atoms with Crippen molar-refractivity contribution >= 4 is 17.5 Å². The van der Waals surface area contributed by atoms with Crippen LogP contribution in [0.4, 0.5) is 0 Å². The molecule has 0 saturated heterocycles. The molecule has 0 radical (unpaired) electrons. The molecule has 1 heterocycles. The van der Waals surface area contributed by atoms with E-state index in [1.807, 2.05) is 39.5 Å². The van der Waals surface area contributed by atoms with Crippen LogP contribution in [0.1, 0.15) is 44.4 Å². The number of rotatable bonds is 0. The molecule has 1 nitrogen and oxygen atoms in total. The van der Waals surface area contributed by atoms with Gasteiger partial charge in [-0.2, -0.15) is 0 Å². The molecule has 94 valence electrons. The second-order valence-corrected chi connectivity index (χ2v) is 4.67. The molecule has 1 aromatic rings. The smallest absolute Gasteiger partial charge is 0.0655 e. The molecule has 0 spiro atoms. The Kier molecular flexibility index (Phi) is 5.63. The number of hydrogen-bond donors (Lipinski definition) is 1. The maximum atomic E-state index is 3.44. The Morgan fingerprint density at radius 1 is 1.12 bits per heavy atom. The first-order valence-corrected chi connectivity index (χ1v) is 7.53. The minimum absolute atomic E-state index is 1.05. The van der Waals surface area contributed by atoms with Crippen LogP contribution in [0.5, 0.6) is 0 Å². The van der Waals surface area contributed by atoms with Crippen LogP contribution in [0.15, 0.2) is 23.1 Å². The second-order valence-electron chi connectivity index (χ2n) is 3.60. The maximum absolute atomic E-state index is 3.44. The maximum Gasteiger partial charge on any atom is 0.0655 e. The van der Waals surface area contributed by atoms with Crippen molar-refractivity contribution in [1.29, 1.82) is 0 Å². The Balaban J connectivity index is 0.000000330. The van der Waals surface area contributed by atoms with Crippen LogP contribution in [0.2, 0.25) is 0 Å². The zero-order valence-corrected chi connectivity index (χ0v) is 12.4. The molecule has 1 N–H and O–H groups in total. The van der Waals surface area contributed by atoms with E-state index in [1.165, 1.54) is 27.3 Å². The second kappa shape index (κ2) is 6.75.